The zero-order valence-corrected chi connectivity index (χ0v) is 18.3. The first-order valence-corrected chi connectivity index (χ1v) is 11.4. The molecule has 5 heteroatoms. The maximum atomic E-state index is 12.5. The van der Waals surface area contributed by atoms with Gasteiger partial charge in [-0.3, -0.25) is 9.59 Å². The molecule has 1 aromatic heterocycles. The van der Waals surface area contributed by atoms with Gasteiger partial charge in [-0.15, -0.1) is 0 Å². The molecule has 1 atom stereocenters. The summed E-state index contributed by atoms with van der Waals surface area (Å²) >= 11 is 6.02. The maximum absolute atomic E-state index is 12.5. The van der Waals surface area contributed by atoms with Gasteiger partial charge in [0.2, 0.25) is 5.91 Å². The topological polar surface area (TPSA) is 51.1 Å². The molecule has 0 bridgehead atoms. The normalized spacial score (nSPS) is 18.3. The third kappa shape index (κ3) is 3.81. The Morgan fingerprint density at radius 3 is 2.55 bits per heavy atom. The molecule has 0 spiro atoms. The lowest BCUT2D eigenvalue weighted by Crippen LogP contribution is -2.21. The number of hydrogen-bond donors (Lipinski definition) is 1. The number of pyridine rings is 1. The quantitative estimate of drug-likeness (QED) is 0.576. The van der Waals surface area contributed by atoms with Crippen LogP contribution in [0.4, 0.5) is 0 Å². The van der Waals surface area contributed by atoms with Gasteiger partial charge >= 0.3 is 0 Å². The molecule has 0 radical (unpaired) electrons. The Balaban J connectivity index is 1.43. The fourth-order valence-electron chi connectivity index (χ4n) is 4.69. The van der Waals surface area contributed by atoms with Crippen molar-refractivity contribution in [2.45, 2.75) is 45.1 Å². The fraction of sp³-hybridized carbons (Fsp3) is 0.308. The minimum atomic E-state index is -0.177. The Kier molecular flexibility index (Phi) is 5.19. The van der Waals surface area contributed by atoms with Crippen LogP contribution in [0.3, 0.4) is 0 Å². The number of aryl methyl sites for hydroxylation is 2. The summed E-state index contributed by atoms with van der Waals surface area (Å²) in [6, 6.07) is 15.9. The molecule has 0 saturated heterocycles. The average molecular weight is 433 g/mol. The maximum Gasteiger partial charge on any atom is 0.251 e. The number of amides is 1. The minimum Gasteiger partial charge on any atom is -0.332 e. The first kappa shape index (κ1) is 20.1. The average Bonchev–Trinajstić information content (AvgIpc) is 3.55. The lowest BCUT2D eigenvalue weighted by molar-refractivity contribution is -0.121. The van der Waals surface area contributed by atoms with E-state index in [2.05, 4.69) is 23.5 Å². The second-order valence-corrected chi connectivity index (χ2v) is 8.95. The summed E-state index contributed by atoms with van der Waals surface area (Å²) in [5.74, 6) is 0.380. The largest absolute Gasteiger partial charge is 0.332 e. The molecule has 2 heterocycles. The van der Waals surface area contributed by atoms with E-state index in [-0.39, 0.29) is 17.4 Å². The van der Waals surface area contributed by atoms with Gasteiger partial charge in [0, 0.05) is 29.2 Å². The van der Waals surface area contributed by atoms with Crippen LogP contribution in [0, 0.1) is 5.92 Å². The van der Waals surface area contributed by atoms with Gasteiger partial charge in [0.05, 0.1) is 11.4 Å². The van der Waals surface area contributed by atoms with Gasteiger partial charge in [0.15, 0.2) is 0 Å². The predicted octanol–water partition coefficient (Wildman–Crippen LogP) is 5.27. The highest BCUT2D eigenvalue weighted by molar-refractivity contribution is 6.30. The Bertz CT molecular complexity index is 1250. The molecule has 2 aliphatic rings. The third-order valence-electron chi connectivity index (χ3n) is 6.50. The van der Waals surface area contributed by atoms with Gasteiger partial charge in [-0.1, -0.05) is 29.8 Å². The summed E-state index contributed by atoms with van der Waals surface area (Å²) in [5.41, 5.74) is 5.53. The molecule has 1 unspecified atom stereocenters. The number of nitrogens with one attached hydrogen (secondary N) is 1. The van der Waals surface area contributed by atoms with Crippen molar-refractivity contribution >= 4 is 34.0 Å². The molecule has 2 aromatic carbocycles. The number of aromatic nitrogens is 1. The smallest absolute Gasteiger partial charge is 0.251 e. The van der Waals surface area contributed by atoms with Crippen LogP contribution in [-0.4, -0.2) is 10.5 Å². The van der Waals surface area contributed by atoms with Gasteiger partial charge in [0.1, 0.15) is 0 Å². The first-order chi connectivity index (χ1) is 15.0. The van der Waals surface area contributed by atoms with Gasteiger partial charge in [-0.05, 0) is 85.1 Å². The lowest BCUT2D eigenvalue weighted by atomic mass is 9.89. The highest BCUT2D eigenvalue weighted by Crippen LogP contribution is 2.42. The summed E-state index contributed by atoms with van der Waals surface area (Å²) in [7, 11) is 0. The van der Waals surface area contributed by atoms with Crippen LogP contribution in [0.2, 0.25) is 5.02 Å². The van der Waals surface area contributed by atoms with E-state index < -0.39 is 0 Å². The molecule has 4 nitrogen and oxygen atoms in total. The Labute approximate surface area is 186 Å². The second kappa shape index (κ2) is 8.01. The van der Waals surface area contributed by atoms with Crippen LogP contribution < -0.4 is 10.9 Å². The van der Waals surface area contributed by atoms with E-state index in [0.29, 0.717) is 17.5 Å². The molecule has 1 aliphatic carbocycles. The van der Waals surface area contributed by atoms with Crippen LogP contribution in [0.25, 0.3) is 16.5 Å². The van der Waals surface area contributed by atoms with Crippen molar-refractivity contribution in [2.24, 2.45) is 5.92 Å². The number of rotatable bonds is 6. The molecular formula is C26H25ClN2O2. The van der Waals surface area contributed by atoms with Crippen LogP contribution in [0.15, 0.2) is 59.5 Å². The molecule has 158 valence electrons. The van der Waals surface area contributed by atoms with Crippen molar-refractivity contribution in [1.29, 1.82) is 0 Å². The standard InChI is InChI=1S/C26H25ClN2O2/c1-2-29-24-12-4-16(13-22(24)21(14-25(29)30)17-5-6-17)3-11-20-23(15-28-26(20)31)18-7-9-19(27)10-8-18/h4,7-10,12-15,17,20H,2-3,5-6,11H2,1H3,(H,28,31). The molecule has 1 fully saturated rings. The highest BCUT2D eigenvalue weighted by atomic mass is 35.5. The summed E-state index contributed by atoms with van der Waals surface area (Å²) in [6.07, 6.45) is 5.67. The number of carbonyl (C=O) groups is 1. The molecule has 1 N–H and O–H groups in total. The Morgan fingerprint density at radius 2 is 1.84 bits per heavy atom. The van der Waals surface area contributed by atoms with Crippen LogP contribution in [0.5, 0.6) is 0 Å². The van der Waals surface area contributed by atoms with Crippen molar-refractivity contribution in [1.82, 2.24) is 9.88 Å². The summed E-state index contributed by atoms with van der Waals surface area (Å²) in [5, 5.41) is 4.75. The van der Waals surface area contributed by atoms with Crippen molar-refractivity contribution in [3.05, 3.63) is 86.8 Å². The van der Waals surface area contributed by atoms with Crippen molar-refractivity contribution < 1.29 is 4.79 Å². The van der Waals surface area contributed by atoms with Crippen LogP contribution in [0.1, 0.15) is 48.8 Å². The van der Waals surface area contributed by atoms with E-state index in [1.54, 1.807) is 0 Å². The predicted molar refractivity (Wildman–Crippen MR) is 125 cm³/mol. The highest BCUT2D eigenvalue weighted by Gasteiger charge is 2.29. The molecule has 31 heavy (non-hydrogen) atoms. The number of nitrogens with zero attached hydrogens (tertiary/aromatic N) is 1. The van der Waals surface area contributed by atoms with E-state index in [1.807, 2.05) is 48.0 Å². The van der Waals surface area contributed by atoms with E-state index in [1.165, 1.54) is 16.5 Å². The molecule has 3 aromatic rings. The number of fused-ring (bicyclic) bond motifs is 1. The van der Waals surface area contributed by atoms with Gasteiger partial charge in [-0.2, -0.15) is 0 Å². The SMILES string of the molecule is CCn1c(=O)cc(C2CC2)c2cc(CCC3C(=O)NC=C3c3ccc(Cl)cc3)ccc21. The van der Waals surface area contributed by atoms with Gasteiger partial charge in [-0.25, -0.2) is 0 Å². The van der Waals surface area contributed by atoms with Crippen LogP contribution in [-0.2, 0) is 17.8 Å². The third-order valence-corrected chi connectivity index (χ3v) is 6.75. The van der Waals surface area contributed by atoms with Crippen LogP contribution >= 0.6 is 11.6 Å². The minimum absolute atomic E-state index is 0.0456. The van der Waals surface area contributed by atoms with Crippen molar-refractivity contribution in [3.8, 4) is 0 Å². The number of hydrogen-bond acceptors (Lipinski definition) is 2. The lowest BCUT2D eigenvalue weighted by Gasteiger charge is -2.15. The van der Waals surface area contributed by atoms with Gasteiger partial charge < -0.3 is 9.88 Å². The molecular weight excluding hydrogens is 408 g/mol. The van der Waals surface area contributed by atoms with E-state index >= 15 is 0 Å². The zero-order chi connectivity index (χ0) is 21.5. The fourth-order valence-corrected chi connectivity index (χ4v) is 4.81. The number of carbonyl (C=O) groups excluding carboxylic acids is 1. The van der Waals surface area contributed by atoms with Crippen molar-refractivity contribution in [3.63, 3.8) is 0 Å². The summed E-state index contributed by atoms with van der Waals surface area (Å²) in [4.78, 5) is 25.0. The van der Waals surface area contributed by atoms with E-state index in [4.69, 9.17) is 11.6 Å². The van der Waals surface area contributed by atoms with E-state index in [0.717, 1.165) is 42.3 Å². The molecule has 1 aliphatic heterocycles. The zero-order valence-electron chi connectivity index (χ0n) is 17.5. The monoisotopic (exact) mass is 432 g/mol. The summed E-state index contributed by atoms with van der Waals surface area (Å²) in [6.45, 7) is 2.67. The van der Waals surface area contributed by atoms with Crippen molar-refractivity contribution in [2.75, 3.05) is 0 Å². The molecule has 5 rings (SSSR count). The van der Waals surface area contributed by atoms with Gasteiger partial charge in [0.25, 0.3) is 5.56 Å². The Morgan fingerprint density at radius 1 is 1.06 bits per heavy atom. The first-order valence-electron chi connectivity index (χ1n) is 11.0. The number of benzene rings is 2. The molecule has 1 amide bonds. The molecule has 1 saturated carbocycles. The number of halogens is 1. The van der Waals surface area contributed by atoms with E-state index in [9.17, 15) is 9.59 Å². The second-order valence-electron chi connectivity index (χ2n) is 8.51. The summed E-state index contributed by atoms with van der Waals surface area (Å²) < 4.78 is 1.84. The Hall–Kier alpha value is -2.85.